The number of nitrogens with one attached hydrogen (secondary N) is 1. The molecule has 3 rings (SSSR count). The van der Waals surface area contributed by atoms with Crippen LogP contribution in [0.25, 0.3) is 11.0 Å². The summed E-state index contributed by atoms with van der Waals surface area (Å²) in [6, 6.07) is 5.98. The quantitative estimate of drug-likeness (QED) is 0.786. The Balaban J connectivity index is 1.88. The molecule has 0 unspecified atom stereocenters. The first-order valence-electron chi connectivity index (χ1n) is 5.02. The third-order valence-electron chi connectivity index (χ3n) is 2.72. The molecule has 1 saturated carbocycles. The standard InChI is InChI=1S/C11H12N2O/c1-2-9(3-1)14-10-5-4-8-6-7-12-11(8)13-10/h4-7,9H,1-3H2,(H,12,13). The molecule has 0 saturated heterocycles. The topological polar surface area (TPSA) is 37.9 Å². The number of aromatic nitrogens is 2. The summed E-state index contributed by atoms with van der Waals surface area (Å²) < 4.78 is 5.70. The van der Waals surface area contributed by atoms with Crippen molar-refractivity contribution in [3.05, 3.63) is 24.4 Å². The normalized spacial score (nSPS) is 16.9. The highest BCUT2D eigenvalue weighted by Crippen LogP contribution is 2.24. The lowest BCUT2D eigenvalue weighted by Gasteiger charge is -2.25. The SMILES string of the molecule is c1cc2ccc(OC3CCC3)nc2[nH]1. The van der Waals surface area contributed by atoms with Crippen LogP contribution in [0.15, 0.2) is 24.4 Å². The minimum Gasteiger partial charge on any atom is -0.474 e. The first-order chi connectivity index (χ1) is 6.92. The zero-order valence-electron chi connectivity index (χ0n) is 7.86. The molecule has 0 spiro atoms. The van der Waals surface area contributed by atoms with E-state index in [1.165, 1.54) is 19.3 Å². The first kappa shape index (κ1) is 7.85. The Morgan fingerprint density at radius 1 is 1.29 bits per heavy atom. The van der Waals surface area contributed by atoms with Crippen molar-refractivity contribution in [1.29, 1.82) is 0 Å². The van der Waals surface area contributed by atoms with E-state index < -0.39 is 0 Å². The molecule has 2 aromatic rings. The van der Waals surface area contributed by atoms with Crippen molar-refractivity contribution in [2.24, 2.45) is 0 Å². The molecule has 2 aromatic heterocycles. The Bertz CT molecular complexity index is 445. The number of H-pyrrole nitrogens is 1. The lowest BCUT2D eigenvalue weighted by molar-refractivity contribution is 0.115. The van der Waals surface area contributed by atoms with Gasteiger partial charge in [0.05, 0.1) is 0 Å². The minimum absolute atomic E-state index is 0.398. The molecule has 0 aliphatic heterocycles. The summed E-state index contributed by atoms with van der Waals surface area (Å²) >= 11 is 0. The number of nitrogens with zero attached hydrogens (tertiary/aromatic N) is 1. The highest BCUT2D eigenvalue weighted by atomic mass is 16.5. The molecule has 0 amide bonds. The van der Waals surface area contributed by atoms with E-state index in [1.807, 2.05) is 24.4 Å². The van der Waals surface area contributed by atoms with Gasteiger partial charge in [-0.05, 0) is 31.4 Å². The average Bonchev–Trinajstić information content (AvgIpc) is 2.58. The third-order valence-corrected chi connectivity index (χ3v) is 2.72. The van der Waals surface area contributed by atoms with Crippen LogP contribution in [0, 0.1) is 0 Å². The monoisotopic (exact) mass is 188 g/mol. The van der Waals surface area contributed by atoms with Crippen LogP contribution in [0.1, 0.15) is 19.3 Å². The van der Waals surface area contributed by atoms with E-state index in [2.05, 4.69) is 9.97 Å². The van der Waals surface area contributed by atoms with Gasteiger partial charge in [0, 0.05) is 17.6 Å². The highest BCUT2D eigenvalue weighted by molar-refractivity contribution is 5.75. The zero-order valence-corrected chi connectivity index (χ0v) is 7.86. The maximum absolute atomic E-state index is 5.70. The summed E-state index contributed by atoms with van der Waals surface area (Å²) in [7, 11) is 0. The van der Waals surface area contributed by atoms with Crippen LogP contribution in [0.5, 0.6) is 5.88 Å². The van der Waals surface area contributed by atoms with Gasteiger partial charge in [-0.3, -0.25) is 0 Å². The molecule has 1 N–H and O–H groups in total. The van der Waals surface area contributed by atoms with Crippen molar-refractivity contribution in [2.45, 2.75) is 25.4 Å². The number of fused-ring (bicyclic) bond motifs is 1. The Labute approximate surface area is 82.1 Å². The Morgan fingerprint density at radius 3 is 3.00 bits per heavy atom. The second kappa shape index (κ2) is 3.01. The van der Waals surface area contributed by atoms with Crippen LogP contribution in [0.4, 0.5) is 0 Å². The molecule has 2 heterocycles. The zero-order chi connectivity index (χ0) is 9.38. The molecule has 3 nitrogen and oxygen atoms in total. The number of ether oxygens (including phenoxy) is 1. The van der Waals surface area contributed by atoms with Gasteiger partial charge in [-0.25, -0.2) is 0 Å². The molecular formula is C11H12N2O. The van der Waals surface area contributed by atoms with Crippen LogP contribution in [0.3, 0.4) is 0 Å². The van der Waals surface area contributed by atoms with Crippen LogP contribution >= 0.6 is 0 Å². The number of hydrogen-bond acceptors (Lipinski definition) is 2. The number of hydrogen-bond donors (Lipinski definition) is 1. The van der Waals surface area contributed by atoms with Gasteiger partial charge in [0.25, 0.3) is 0 Å². The molecule has 72 valence electrons. The van der Waals surface area contributed by atoms with Gasteiger partial charge in [0.1, 0.15) is 11.8 Å². The van der Waals surface area contributed by atoms with Gasteiger partial charge < -0.3 is 9.72 Å². The second-order valence-electron chi connectivity index (χ2n) is 3.74. The highest BCUT2D eigenvalue weighted by Gasteiger charge is 2.19. The minimum atomic E-state index is 0.398. The molecule has 1 fully saturated rings. The molecule has 0 bridgehead atoms. The van der Waals surface area contributed by atoms with Gasteiger partial charge in [0.15, 0.2) is 0 Å². The van der Waals surface area contributed by atoms with Gasteiger partial charge in [0.2, 0.25) is 5.88 Å². The van der Waals surface area contributed by atoms with Gasteiger partial charge in [-0.2, -0.15) is 4.98 Å². The fraction of sp³-hybridized carbons (Fsp3) is 0.364. The largest absolute Gasteiger partial charge is 0.474 e. The fourth-order valence-corrected chi connectivity index (χ4v) is 1.64. The van der Waals surface area contributed by atoms with Crippen molar-refractivity contribution < 1.29 is 4.74 Å². The lowest BCUT2D eigenvalue weighted by atomic mass is 9.96. The lowest BCUT2D eigenvalue weighted by Crippen LogP contribution is -2.24. The first-order valence-corrected chi connectivity index (χ1v) is 5.02. The van der Waals surface area contributed by atoms with E-state index in [-0.39, 0.29) is 0 Å². The van der Waals surface area contributed by atoms with Crippen molar-refractivity contribution in [3.63, 3.8) is 0 Å². The molecule has 1 aliphatic carbocycles. The summed E-state index contributed by atoms with van der Waals surface area (Å²) in [4.78, 5) is 7.46. The third kappa shape index (κ3) is 1.25. The van der Waals surface area contributed by atoms with E-state index in [0.717, 1.165) is 16.9 Å². The average molecular weight is 188 g/mol. The molecule has 3 heteroatoms. The molecule has 0 atom stereocenters. The molecule has 1 aliphatic rings. The van der Waals surface area contributed by atoms with Crippen molar-refractivity contribution in [1.82, 2.24) is 9.97 Å². The van der Waals surface area contributed by atoms with Crippen LogP contribution < -0.4 is 4.74 Å². The van der Waals surface area contributed by atoms with Crippen molar-refractivity contribution in [2.75, 3.05) is 0 Å². The molecular weight excluding hydrogens is 176 g/mol. The fourth-order valence-electron chi connectivity index (χ4n) is 1.64. The summed E-state index contributed by atoms with van der Waals surface area (Å²) in [6.07, 6.45) is 5.92. The second-order valence-corrected chi connectivity index (χ2v) is 3.74. The smallest absolute Gasteiger partial charge is 0.215 e. The van der Waals surface area contributed by atoms with Crippen molar-refractivity contribution in [3.8, 4) is 5.88 Å². The van der Waals surface area contributed by atoms with Crippen LogP contribution in [-0.4, -0.2) is 16.1 Å². The Hall–Kier alpha value is -1.51. The molecule has 14 heavy (non-hydrogen) atoms. The predicted octanol–water partition coefficient (Wildman–Crippen LogP) is 2.49. The van der Waals surface area contributed by atoms with E-state index in [0.29, 0.717) is 6.10 Å². The maximum Gasteiger partial charge on any atom is 0.215 e. The Morgan fingerprint density at radius 2 is 2.21 bits per heavy atom. The summed E-state index contributed by atoms with van der Waals surface area (Å²) in [5.74, 6) is 0.740. The van der Waals surface area contributed by atoms with Crippen molar-refractivity contribution >= 4 is 11.0 Å². The number of aromatic amines is 1. The summed E-state index contributed by atoms with van der Waals surface area (Å²) in [6.45, 7) is 0. The molecule has 0 aromatic carbocycles. The number of rotatable bonds is 2. The molecule has 0 radical (unpaired) electrons. The van der Waals surface area contributed by atoms with E-state index >= 15 is 0 Å². The summed E-state index contributed by atoms with van der Waals surface area (Å²) in [5, 5.41) is 1.13. The van der Waals surface area contributed by atoms with Gasteiger partial charge in [-0.15, -0.1) is 0 Å². The van der Waals surface area contributed by atoms with Gasteiger partial charge >= 0.3 is 0 Å². The van der Waals surface area contributed by atoms with E-state index in [1.54, 1.807) is 0 Å². The van der Waals surface area contributed by atoms with Crippen LogP contribution in [0.2, 0.25) is 0 Å². The van der Waals surface area contributed by atoms with E-state index in [9.17, 15) is 0 Å². The predicted molar refractivity (Wildman–Crippen MR) is 54.4 cm³/mol. The Kier molecular flexibility index (Phi) is 1.69. The maximum atomic E-state index is 5.70. The summed E-state index contributed by atoms with van der Waals surface area (Å²) in [5.41, 5.74) is 0.904. The van der Waals surface area contributed by atoms with Gasteiger partial charge in [-0.1, -0.05) is 0 Å². The van der Waals surface area contributed by atoms with E-state index in [4.69, 9.17) is 4.74 Å². The van der Waals surface area contributed by atoms with Crippen LogP contribution in [-0.2, 0) is 0 Å². The number of pyridine rings is 1.